The van der Waals surface area contributed by atoms with E-state index in [0.29, 0.717) is 23.7 Å². The number of carbonyl (C=O) groups is 1. The highest BCUT2D eigenvalue weighted by molar-refractivity contribution is 7.99. The van der Waals surface area contributed by atoms with Gasteiger partial charge in [-0.3, -0.25) is 14.6 Å². The molecule has 0 spiro atoms. The molecular weight excluding hydrogens is 384 g/mol. The molecule has 29 heavy (non-hydrogen) atoms. The number of fused-ring (bicyclic) bond motifs is 2. The second-order valence-corrected chi connectivity index (χ2v) is 8.94. The van der Waals surface area contributed by atoms with Gasteiger partial charge >= 0.3 is 0 Å². The third-order valence-electron chi connectivity index (χ3n) is 5.54. The normalized spacial score (nSPS) is 15.0. The zero-order valence-corrected chi connectivity index (χ0v) is 17.5. The number of nitrogens with two attached hydrogens (primary N) is 1. The molecule has 0 atom stereocenters. The van der Waals surface area contributed by atoms with E-state index in [-0.39, 0.29) is 11.3 Å². The monoisotopic (exact) mass is 410 g/mol. The molecule has 0 amide bonds. The number of carbonyl (C=O) groups excluding carboxylic acids is 1. The number of aromatic nitrogens is 2. The van der Waals surface area contributed by atoms with Gasteiger partial charge < -0.3 is 10.7 Å². The number of anilines is 1. The number of thioether (sulfide) groups is 1. The van der Waals surface area contributed by atoms with Crippen LogP contribution in [0.1, 0.15) is 54.5 Å². The molecule has 0 unspecified atom stereocenters. The van der Waals surface area contributed by atoms with Crippen molar-refractivity contribution in [3.8, 4) is 0 Å². The van der Waals surface area contributed by atoms with E-state index in [4.69, 9.17) is 5.73 Å². The number of nitrogens with zero attached hydrogens (tertiary/aromatic N) is 2. The highest BCUT2D eigenvalue weighted by atomic mass is 32.2. The Bertz CT molecular complexity index is 1040. The molecule has 0 radical (unpaired) electrons. The Morgan fingerprint density at radius 2 is 2.07 bits per heavy atom. The number of rotatable bonds is 7. The molecule has 1 aliphatic heterocycles. The van der Waals surface area contributed by atoms with Gasteiger partial charge in [-0.2, -0.15) is 0 Å². The molecule has 152 valence electrons. The first-order valence-corrected chi connectivity index (χ1v) is 11.2. The van der Waals surface area contributed by atoms with Gasteiger partial charge in [-0.1, -0.05) is 11.8 Å². The number of Topliss-reactive ketones (excluding diaryl/α,β-unsaturated/α-hetero) is 1. The summed E-state index contributed by atoms with van der Waals surface area (Å²) < 4.78 is 0. The molecule has 2 heterocycles. The summed E-state index contributed by atoms with van der Waals surface area (Å²) in [6.45, 7) is 2.03. The van der Waals surface area contributed by atoms with Gasteiger partial charge in [-0.05, 0) is 62.3 Å². The minimum Gasteiger partial charge on any atom is -0.399 e. The van der Waals surface area contributed by atoms with E-state index >= 15 is 0 Å². The fourth-order valence-electron chi connectivity index (χ4n) is 4.07. The molecule has 2 aromatic rings. The van der Waals surface area contributed by atoms with Gasteiger partial charge in [0.2, 0.25) is 0 Å². The van der Waals surface area contributed by atoms with Gasteiger partial charge in [0, 0.05) is 42.0 Å². The van der Waals surface area contributed by atoms with E-state index < -0.39 is 0 Å². The lowest BCUT2D eigenvalue weighted by atomic mass is 9.97. The average molecular weight is 411 g/mol. The number of aryl methyl sites for hydroxylation is 2. The van der Waals surface area contributed by atoms with Crippen LogP contribution >= 0.6 is 11.8 Å². The van der Waals surface area contributed by atoms with Crippen LogP contribution in [0.4, 0.5) is 11.4 Å². The summed E-state index contributed by atoms with van der Waals surface area (Å²) in [7, 11) is 0. The lowest BCUT2D eigenvalue weighted by molar-refractivity contribution is -0.117. The Hall–Kier alpha value is -2.41. The first-order chi connectivity index (χ1) is 14.0. The third-order valence-corrected chi connectivity index (χ3v) is 6.50. The topological polar surface area (TPSA) is 101 Å². The lowest BCUT2D eigenvalue weighted by Gasteiger charge is -2.14. The molecular formula is C22H26N4O2S. The fourth-order valence-corrected chi connectivity index (χ4v) is 4.90. The molecule has 0 fully saturated rings. The number of nitrogen functional groups attached to an aromatic ring is 1. The van der Waals surface area contributed by atoms with Gasteiger partial charge in [-0.25, -0.2) is 4.98 Å². The number of ketones is 1. The molecule has 0 saturated carbocycles. The standard InChI is InChI=1S/C22H26N4O2S/c1-13-9-14(23)10-20-18(13)12-15(24-20)11-16(27)5-4-8-29-22-25-19-7-3-2-6-17(19)21(28)26-22/h9-10H,2-8,11-12,23H2,1H3,(H,25,26,28). The van der Waals surface area contributed by atoms with Crippen LogP contribution in [-0.2, 0) is 24.1 Å². The van der Waals surface area contributed by atoms with Gasteiger partial charge in [0.25, 0.3) is 5.56 Å². The minimum atomic E-state index is 0.00279. The molecule has 3 N–H and O–H groups in total. The van der Waals surface area contributed by atoms with Crippen LogP contribution in [0.3, 0.4) is 0 Å². The number of H-pyrrole nitrogens is 1. The summed E-state index contributed by atoms with van der Waals surface area (Å²) in [4.78, 5) is 36.6. The first-order valence-electron chi connectivity index (χ1n) is 10.2. The summed E-state index contributed by atoms with van der Waals surface area (Å²) in [6, 6.07) is 3.83. The minimum absolute atomic E-state index is 0.00279. The largest absolute Gasteiger partial charge is 0.399 e. The van der Waals surface area contributed by atoms with E-state index in [1.165, 1.54) is 17.3 Å². The molecule has 0 bridgehead atoms. The summed E-state index contributed by atoms with van der Waals surface area (Å²) in [5.41, 5.74) is 12.6. The Morgan fingerprint density at radius 1 is 1.24 bits per heavy atom. The highest BCUT2D eigenvalue weighted by Gasteiger charge is 2.19. The van der Waals surface area contributed by atoms with Gasteiger partial charge in [0.1, 0.15) is 5.78 Å². The van der Waals surface area contributed by atoms with Gasteiger partial charge in [0.05, 0.1) is 11.4 Å². The summed E-state index contributed by atoms with van der Waals surface area (Å²) in [6.07, 6.45) is 6.29. The van der Waals surface area contributed by atoms with Crippen molar-refractivity contribution < 1.29 is 4.79 Å². The number of nitrogens with one attached hydrogen (secondary N) is 1. The van der Waals surface area contributed by atoms with Crippen LogP contribution in [0.2, 0.25) is 0 Å². The Morgan fingerprint density at radius 3 is 2.93 bits per heavy atom. The molecule has 1 aromatic carbocycles. The van der Waals surface area contributed by atoms with E-state index in [0.717, 1.165) is 72.5 Å². The molecule has 0 saturated heterocycles. The van der Waals surface area contributed by atoms with Crippen LogP contribution in [0.25, 0.3) is 0 Å². The summed E-state index contributed by atoms with van der Waals surface area (Å²) >= 11 is 1.52. The molecule has 6 nitrogen and oxygen atoms in total. The second-order valence-electron chi connectivity index (χ2n) is 7.86. The fraction of sp³-hybridized carbons (Fsp3) is 0.455. The first kappa shape index (κ1) is 19.9. The van der Waals surface area contributed by atoms with Crippen molar-refractivity contribution in [1.29, 1.82) is 0 Å². The Kier molecular flexibility index (Phi) is 5.85. The molecule has 4 rings (SSSR count). The number of aromatic amines is 1. The van der Waals surface area contributed by atoms with E-state index in [9.17, 15) is 9.59 Å². The van der Waals surface area contributed by atoms with Gasteiger partial charge in [0.15, 0.2) is 5.16 Å². The van der Waals surface area contributed by atoms with Crippen molar-refractivity contribution in [1.82, 2.24) is 9.97 Å². The molecule has 1 aromatic heterocycles. The number of hydrogen-bond acceptors (Lipinski definition) is 6. The number of benzene rings is 1. The number of aliphatic imine (C=N–C) groups is 1. The highest BCUT2D eigenvalue weighted by Crippen LogP contribution is 2.32. The van der Waals surface area contributed by atoms with Crippen molar-refractivity contribution in [2.24, 2.45) is 4.99 Å². The molecule has 7 heteroatoms. The SMILES string of the molecule is Cc1cc(N)cc2c1CC(CC(=O)CCCSc1nc3c(c(=O)[nH]1)CCCC3)=N2. The number of hydrogen-bond donors (Lipinski definition) is 2. The van der Waals surface area contributed by atoms with Gasteiger partial charge in [-0.15, -0.1) is 0 Å². The van der Waals surface area contributed by atoms with Crippen LogP contribution < -0.4 is 11.3 Å². The predicted octanol–water partition coefficient (Wildman–Crippen LogP) is 3.70. The van der Waals surface area contributed by atoms with Crippen LogP contribution in [0.5, 0.6) is 0 Å². The smallest absolute Gasteiger partial charge is 0.254 e. The Labute approximate surface area is 174 Å². The quantitative estimate of drug-likeness (QED) is 0.314. The summed E-state index contributed by atoms with van der Waals surface area (Å²) in [5.74, 6) is 0.963. The van der Waals surface area contributed by atoms with Crippen molar-refractivity contribution in [3.63, 3.8) is 0 Å². The van der Waals surface area contributed by atoms with Crippen molar-refractivity contribution in [3.05, 3.63) is 44.9 Å². The zero-order valence-electron chi connectivity index (χ0n) is 16.7. The van der Waals surface area contributed by atoms with E-state index in [2.05, 4.69) is 15.0 Å². The maximum Gasteiger partial charge on any atom is 0.254 e. The lowest BCUT2D eigenvalue weighted by Crippen LogP contribution is -2.21. The van der Waals surface area contributed by atoms with Crippen LogP contribution in [0, 0.1) is 6.92 Å². The van der Waals surface area contributed by atoms with E-state index in [1.54, 1.807) is 0 Å². The molecule has 1 aliphatic carbocycles. The van der Waals surface area contributed by atoms with Crippen molar-refractivity contribution in [2.75, 3.05) is 11.5 Å². The average Bonchev–Trinajstić information content (AvgIpc) is 3.08. The second kappa shape index (κ2) is 8.53. The zero-order chi connectivity index (χ0) is 20.4. The summed E-state index contributed by atoms with van der Waals surface area (Å²) in [5, 5.41) is 0.673. The van der Waals surface area contributed by atoms with E-state index in [1.807, 2.05) is 19.1 Å². The predicted molar refractivity (Wildman–Crippen MR) is 117 cm³/mol. The van der Waals surface area contributed by atoms with Crippen molar-refractivity contribution >= 4 is 34.6 Å². The molecule has 2 aliphatic rings. The van der Waals surface area contributed by atoms with Crippen molar-refractivity contribution in [2.45, 2.75) is 63.4 Å². The third kappa shape index (κ3) is 4.61. The van der Waals surface area contributed by atoms with Crippen LogP contribution in [-0.4, -0.2) is 27.2 Å². The van der Waals surface area contributed by atoms with Crippen LogP contribution in [0.15, 0.2) is 27.1 Å². The maximum absolute atomic E-state index is 12.4. The Balaban J connectivity index is 1.25. The maximum atomic E-state index is 12.4.